The Balaban J connectivity index is 1.33. The highest BCUT2D eigenvalue weighted by atomic mass is 19.1. The monoisotopic (exact) mass is 579 g/mol. The molecule has 3 aromatic carbocycles. The highest BCUT2D eigenvalue weighted by molar-refractivity contribution is 5.82. The van der Waals surface area contributed by atoms with Crippen molar-refractivity contribution in [3.63, 3.8) is 0 Å². The van der Waals surface area contributed by atoms with Crippen LogP contribution >= 0.6 is 0 Å². The standard InChI is InChI=1S/C34H38FN7O/c1-22-29(18-24-6-10-28(35)11-7-24)33(40-34(37-22)36-14-5-15-41(3)4)42-16-17-43-32-13-9-25(19-27(32)21-42)26-8-12-30-31(20-26)39-23(2)38-30/h6-13,19-20H,5,14-18,21H2,1-4H3,(H,38,39)(H,36,37,40). The summed E-state index contributed by atoms with van der Waals surface area (Å²) >= 11 is 0. The average molecular weight is 580 g/mol. The first kappa shape index (κ1) is 28.6. The van der Waals surface area contributed by atoms with Crippen molar-refractivity contribution in [3.8, 4) is 16.9 Å². The zero-order valence-corrected chi connectivity index (χ0v) is 25.2. The van der Waals surface area contributed by atoms with Gasteiger partial charge in [-0.05, 0) is 94.0 Å². The zero-order valence-electron chi connectivity index (χ0n) is 25.2. The summed E-state index contributed by atoms with van der Waals surface area (Å²) in [5, 5.41) is 3.44. The Morgan fingerprint density at radius 2 is 1.77 bits per heavy atom. The van der Waals surface area contributed by atoms with E-state index in [0.29, 0.717) is 32.1 Å². The number of aromatic nitrogens is 4. The number of imidazole rings is 1. The number of aromatic amines is 1. The van der Waals surface area contributed by atoms with E-state index in [9.17, 15) is 4.39 Å². The molecule has 1 aliphatic heterocycles. The van der Waals surface area contributed by atoms with Gasteiger partial charge in [0.2, 0.25) is 5.95 Å². The summed E-state index contributed by atoms with van der Waals surface area (Å²) in [4.78, 5) is 22.3. The van der Waals surface area contributed by atoms with Gasteiger partial charge in [-0.3, -0.25) is 0 Å². The maximum Gasteiger partial charge on any atom is 0.224 e. The van der Waals surface area contributed by atoms with E-state index in [1.807, 2.05) is 26.0 Å². The second-order valence-corrected chi connectivity index (χ2v) is 11.5. The van der Waals surface area contributed by atoms with Crippen molar-refractivity contribution in [1.29, 1.82) is 0 Å². The van der Waals surface area contributed by atoms with Gasteiger partial charge in [-0.1, -0.05) is 24.3 Å². The minimum absolute atomic E-state index is 0.243. The number of ether oxygens (including phenoxy) is 1. The summed E-state index contributed by atoms with van der Waals surface area (Å²) in [5.74, 6) is 3.04. The third-order valence-electron chi connectivity index (χ3n) is 7.83. The molecule has 3 heterocycles. The number of halogens is 1. The van der Waals surface area contributed by atoms with Crippen molar-refractivity contribution < 1.29 is 9.13 Å². The van der Waals surface area contributed by atoms with Crippen LogP contribution in [-0.4, -0.2) is 65.2 Å². The van der Waals surface area contributed by atoms with Crippen molar-refractivity contribution in [2.45, 2.75) is 33.2 Å². The van der Waals surface area contributed by atoms with Crippen LogP contribution in [0, 0.1) is 19.7 Å². The van der Waals surface area contributed by atoms with Gasteiger partial charge >= 0.3 is 0 Å². The van der Waals surface area contributed by atoms with E-state index in [2.05, 4.69) is 75.6 Å². The van der Waals surface area contributed by atoms with Gasteiger partial charge in [0.15, 0.2) is 0 Å². The number of aryl methyl sites for hydroxylation is 2. The van der Waals surface area contributed by atoms with Gasteiger partial charge in [0, 0.05) is 36.3 Å². The SMILES string of the molecule is Cc1nc2cc(-c3ccc4c(c3)CN(c3nc(NCCCN(C)C)nc(C)c3Cc3ccc(F)cc3)CCO4)ccc2[nH]1. The number of fused-ring (bicyclic) bond motifs is 2. The molecule has 0 unspecified atom stereocenters. The Hall–Kier alpha value is -4.50. The Bertz CT molecular complexity index is 1730. The molecular formula is C34H38FN7O. The topological polar surface area (TPSA) is 82.2 Å². The van der Waals surface area contributed by atoms with Gasteiger partial charge in [-0.2, -0.15) is 4.98 Å². The Labute approximate surface area is 252 Å². The van der Waals surface area contributed by atoms with Gasteiger partial charge in [0.05, 0.1) is 17.6 Å². The van der Waals surface area contributed by atoms with Gasteiger partial charge in [-0.25, -0.2) is 14.4 Å². The molecule has 43 heavy (non-hydrogen) atoms. The highest BCUT2D eigenvalue weighted by Crippen LogP contribution is 2.34. The van der Waals surface area contributed by atoms with Gasteiger partial charge < -0.3 is 24.8 Å². The fourth-order valence-corrected chi connectivity index (χ4v) is 5.60. The van der Waals surface area contributed by atoms with Gasteiger partial charge in [-0.15, -0.1) is 0 Å². The van der Waals surface area contributed by atoms with E-state index in [4.69, 9.17) is 14.7 Å². The van der Waals surface area contributed by atoms with Crippen molar-refractivity contribution in [2.75, 3.05) is 50.6 Å². The molecule has 5 aromatic rings. The summed E-state index contributed by atoms with van der Waals surface area (Å²) in [6.45, 7) is 7.62. The fraction of sp³-hybridized carbons (Fsp3) is 0.324. The molecule has 0 atom stereocenters. The van der Waals surface area contributed by atoms with Crippen molar-refractivity contribution in [3.05, 3.63) is 94.7 Å². The summed E-state index contributed by atoms with van der Waals surface area (Å²) in [7, 11) is 4.15. The first-order chi connectivity index (χ1) is 20.8. The molecule has 0 spiro atoms. The maximum atomic E-state index is 13.7. The summed E-state index contributed by atoms with van der Waals surface area (Å²) in [5.41, 5.74) is 8.25. The number of nitrogens with one attached hydrogen (secondary N) is 2. The van der Waals surface area contributed by atoms with Gasteiger partial charge in [0.25, 0.3) is 0 Å². The molecule has 0 bridgehead atoms. The number of benzene rings is 3. The Kier molecular flexibility index (Phi) is 8.24. The molecule has 0 aliphatic carbocycles. The van der Waals surface area contributed by atoms with E-state index >= 15 is 0 Å². The largest absolute Gasteiger partial charge is 0.491 e. The molecule has 0 saturated heterocycles. The predicted molar refractivity (Wildman–Crippen MR) is 170 cm³/mol. The van der Waals surface area contributed by atoms with Crippen molar-refractivity contribution in [2.24, 2.45) is 0 Å². The number of rotatable bonds is 9. The van der Waals surface area contributed by atoms with Crippen LogP contribution in [0.25, 0.3) is 22.2 Å². The number of hydrogen-bond donors (Lipinski definition) is 2. The Morgan fingerprint density at radius 1 is 0.977 bits per heavy atom. The van der Waals surface area contributed by atoms with Crippen LogP contribution in [0.3, 0.4) is 0 Å². The number of H-pyrrole nitrogens is 1. The predicted octanol–water partition coefficient (Wildman–Crippen LogP) is 6.13. The third kappa shape index (κ3) is 6.62. The van der Waals surface area contributed by atoms with Crippen LogP contribution in [0.5, 0.6) is 5.75 Å². The molecule has 1 aliphatic rings. The average Bonchev–Trinajstić information content (AvgIpc) is 3.23. The first-order valence-corrected chi connectivity index (χ1v) is 14.8. The van der Waals surface area contributed by atoms with Crippen LogP contribution in [-0.2, 0) is 13.0 Å². The fourth-order valence-electron chi connectivity index (χ4n) is 5.60. The van der Waals surface area contributed by atoms with Crippen LogP contribution in [0.1, 0.15) is 34.6 Å². The lowest BCUT2D eigenvalue weighted by atomic mass is 10.0. The molecule has 0 fully saturated rings. The van der Waals surface area contributed by atoms with Crippen LogP contribution in [0.15, 0.2) is 60.7 Å². The van der Waals surface area contributed by atoms with Gasteiger partial charge in [0.1, 0.15) is 29.8 Å². The minimum Gasteiger partial charge on any atom is -0.491 e. The quantitative estimate of drug-likeness (QED) is 0.203. The second-order valence-electron chi connectivity index (χ2n) is 11.5. The molecule has 8 nitrogen and oxygen atoms in total. The van der Waals surface area contributed by atoms with E-state index < -0.39 is 0 Å². The highest BCUT2D eigenvalue weighted by Gasteiger charge is 2.23. The zero-order chi connectivity index (χ0) is 29.9. The molecule has 2 N–H and O–H groups in total. The van der Waals surface area contributed by atoms with E-state index in [0.717, 1.165) is 81.4 Å². The van der Waals surface area contributed by atoms with E-state index in [1.54, 1.807) is 0 Å². The van der Waals surface area contributed by atoms with Crippen LogP contribution < -0.4 is 15.0 Å². The molecule has 9 heteroatoms. The smallest absolute Gasteiger partial charge is 0.224 e. The van der Waals surface area contributed by atoms with E-state index in [-0.39, 0.29) is 5.82 Å². The van der Waals surface area contributed by atoms with Crippen molar-refractivity contribution in [1.82, 2.24) is 24.8 Å². The summed E-state index contributed by atoms with van der Waals surface area (Å²) in [6, 6.07) is 19.4. The lowest BCUT2D eigenvalue weighted by molar-refractivity contribution is 0.331. The molecule has 222 valence electrons. The second kappa shape index (κ2) is 12.4. The summed E-state index contributed by atoms with van der Waals surface area (Å²) in [6.07, 6.45) is 1.59. The summed E-state index contributed by atoms with van der Waals surface area (Å²) < 4.78 is 19.9. The molecule has 6 rings (SSSR count). The third-order valence-corrected chi connectivity index (χ3v) is 7.83. The normalized spacial score (nSPS) is 13.2. The lowest BCUT2D eigenvalue weighted by Crippen LogP contribution is -2.28. The molecule has 0 radical (unpaired) electrons. The van der Waals surface area contributed by atoms with Crippen molar-refractivity contribution >= 4 is 22.8 Å². The van der Waals surface area contributed by atoms with Crippen LogP contribution in [0.4, 0.5) is 16.2 Å². The minimum atomic E-state index is -0.243. The molecular weight excluding hydrogens is 541 g/mol. The maximum absolute atomic E-state index is 13.7. The Morgan fingerprint density at radius 3 is 2.58 bits per heavy atom. The van der Waals surface area contributed by atoms with E-state index in [1.165, 1.54) is 12.1 Å². The molecule has 0 amide bonds. The van der Waals surface area contributed by atoms with Crippen LogP contribution in [0.2, 0.25) is 0 Å². The number of nitrogens with zero attached hydrogens (tertiary/aromatic N) is 5. The lowest BCUT2D eigenvalue weighted by Gasteiger charge is -2.25. The first-order valence-electron chi connectivity index (χ1n) is 14.8. The molecule has 2 aromatic heterocycles. The molecule has 0 saturated carbocycles. The number of anilines is 2. The number of hydrogen-bond acceptors (Lipinski definition) is 7.